The maximum Gasteiger partial charge on any atom is 0.144 e. The Bertz CT molecular complexity index is 547. The second-order valence-corrected chi connectivity index (χ2v) is 4.36. The minimum atomic E-state index is -0.229. The summed E-state index contributed by atoms with van der Waals surface area (Å²) in [4.78, 5) is 0. The smallest absolute Gasteiger partial charge is 0.144 e. The van der Waals surface area contributed by atoms with Gasteiger partial charge in [-0.25, -0.2) is 0 Å². The maximum atomic E-state index is 5.85. The van der Waals surface area contributed by atoms with E-state index in [1.54, 1.807) is 6.26 Å². The number of benzene rings is 1. The molecule has 2 nitrogen and oxygen atoms in total. The molecule has 2 heterocycles. The molecule has 0 fully saturated rings. The van der Waals surface area contributed by atoms with Gasteiger partial charge >= 0.3 is 0 Å². The second-order valence-electron chi connectivity index (χ2n) is 4.36. The van der Waals surface area contributed by atoms with Crippen molar-refractivity contribution in [2.24, 2.45) is 0 Å². The molecule has 2 heteroatoms. The van der Waals surface area contributed by atoms with E-state index in [9.17, 15) is 0 Å². The Labute approximate surface area is 88.2 Å². The SMILES string of the molecule is CC1(C)C=Cc2c(ccc3ccoc23)O1. The van der Waals surface area contributed by atoms with Crippen LogP contribution >= 0.6 is 0 Å². The predicted octanol–water partition coefficient (Wildman–Crippen LogP) is 3.62. The highest BCUT2D eigenvalue weighted by molar-refractivity contribution is 5.89. The number of furan rings is 1. The molecule has 0 unspecified atom stereocenters. The maximum absolute atomic E-state index is 5.85. The summed E-state index contributed by atoms with van der Waals surface area (Å²) in [6.07, 6.45) is 5.83. The van der Waals surface area contributed by atoms with Gasteiger partial charge < -0.3 is 9.15 Å². The standard InChI is InChI=1S/C13H12O2/c1-13(2)7-5-10-11(15-13)4-3-9-6-8-14-12(9)10/h3-8H,1-2H3. The van der Waals surface area contributed by atoms with E-state index in [0.29, 0.717) is 0 Å². The highest BCUT2D eigenvalue weighted by atomic mass is 16.5. The first-order chi connectivity index (χ1) is 7.16. The van der Waals surface area contributed by atoms with Crippen LogP contribution in [0.2, 0.25) is 0 Å². The lowest BCUT2D eigenvalue weighted by Gasteiger charge is -2.27. The molecule has 3 rings (SSSR count). The van der Waals surface area contributed by atoms with Crippen molar-refractivity contribution in [3.05, 3.63) is 36.1 Å². The van der Waals surface area contributed by atoms with Crippen LogP contribution in [0.4, 0.5) is 0 Å². The fourth-order valence-electron chi connectivity index (χ4n) is 1.88. The lowest BCUT2D eigenvalue weighted by atomic mass is 10.0. The van der Waals surface area contributed by atoms with E-state index in [-0.39, 0.29) is 5.60 Å². The normalized spacial score (nSPS) is 17.5. The van der Waals surface area contributed by atoms with Crippen molar-refractivity contribution in [2.45, 2.75) is 19.4 Å². The number of fused-ring (bicyclic) bond motifs is 3. The monoisotopic (exact) mass is 200 g/mol. The van der Waals surface area contributed by atoms with Crippen molar-refractivity contribution in [1.29, 1.82) is 0 Å². The van der Waals surface area contributed by atoms with E-state index in [1.807, 2.05) is 32.0 Å². The number of hydrogen-bond acceptors (Lipinski definition) is 2. The first-order valence-electron chi connectivity index (χ1n) is 5.04. The molecule has 1 aliphatic rings. The van der Waals surface area contributed by atoms with E-state index < -0.39 is 0 Å². The minimum absolute atomic E-state index is 0.229. The van der Waals surface area contributed by atoms with E-state index >= 15 is 0 Å². The average Bonchev–Trinajstić information content (AvgIpc) is 2.63. The molecule has 0 aliphatic carbocycles. The Morgan fingerprint density at radius 1 is 1.13 bits per heavy atom. The third-order valence-electron chi connectivity index (χ3n) is 2.64. The lowest BCUT2D eigenvalue weighted by molar-refractivity contribution is 0.159. The van der Waals surface area contributed by atoms with Crippen molar-refractivity contribution in [2.75, 3.05) is 0 Å². The Morgan fingerprint density at radius 2 is 2.00 bits per heavy atom. The summed E-state index contributed by atoms with van der Waals surface area (Å²) in [6, 6.07) is 5.98. The van der Waals surface area contributed by atoms with Gasteiger partial charge in [0.05, 0.1) is 11.8 Å². The van der Waals surface area contributed by atoms with Crippen molar-refractivity contribution in [3.8, 4) is 5.75 Å². The molecule has 0 atom stereocenters. The van der Waals surface area contributed by atoms with E-state index in [0.717, 1.165) is 22.3 Å². The molecular formula is C13H12O2. The van der Waals surface area contributed by atoms with Gasteiger partial charge in [0.25, 0.3) is 0 Å². The van der Waals surface area contributed by atoms with Crippen LogP contribution < -0.4 is 4.74 Å². The van der Waals surface area contributed by atoms with Crippen molar-refractivity contribution < 1.29 is 9.15 Å². The third-order valence-corrected chi connectivity index (χ3v) is 2.64. The van der Waals surface area contributed by atoms with E-state index in [4.69, 9.17) is 9.15 Å². The van der Waals surface area contributed by atoms with Gasteiger partial charge in [-0.05, 0) is 44.2 Å². The molecule has 0 radical (unpaired) electrons. The summed E-state index contributed by atoms with van der Waals surface area (Å²) >= 11 is 0. The second kappa shape index (κ2) is 2.66. The van der Waals surface area contributed by atoms with Gasteiger partial charge in [0, 0.05) is 5.39 Å². The summed E-state index contributed by atoms with van der Waals surface area (Å²) in [5.41, 5.74) is 1.71. The molecular weight excluding hydrogens is 188 g/mol. The van der Waals surface area contributed by atoms with Crippen molar-refractivity contribution in [1.82, 2.24) is 0 Å². The molecule has 15 heavy (non-hydrogen) atoms. The van der Waals surface area contributed by atoms with Crippen molar-refractivity contribution >= 4 is 17.0 Å². The Hall–Kier alpha value is -1.70. The Kier molecular flexibility index (Phi) is 1.52. The van der Waals surface area contributed by atoms with Crippen LogP contribution in [0.5, 0.6) is 5.75 Å². The first kappa shape index (κ1) is 8.60. The number of rotatable bonds is 0. The highest BCUT2D eigenvalue weighted by Gasteiger charge is 2.23. The van der Waals surface area contributed by atoms with E-state index in [2.05, 4.69) is 12.2 Å². The van der Waals surface area contributed by atoms with Gasteiger partial charge in [0.1, 0.15) is 16.9 Å². The molecule has 0 bridgehead atoms. The molecule has 1 aliphatic heterocycles. The summed E-state index contributed by atoms with van der Waals surface area (Å²) < 4.78 is 11.3. The van der Waals surface area contributed by atoms with Crippen LogP contribution in [0.25, 0.3) is 17.0 Å². The Morgan fingerprint density at radius 3 is 2.87 bits per heavy atom. The highest BCUT2D eigenvalue weighted by Crippen LogP contribution is 2.36. The topological polar surface area (TPSA) is 22.4 Å². The van der Waals surface area contributed by atoms with Gasteiger partial charge in [0.2, 0.25) is 0 Å². The summed E-state index contributed by atoms with van der Waals surface area (Å²) in [5.74, 6) is 0.893. The molecule has 0 saturated heterocycles. The van der Waals surface area contributed by atoms with Crippen molar-refractivity contribution in [3.63, 3.8) is 0 Å². The van der Waals surface area contributed by atoms with Gasteiger partial charge in [-0.2, -0.15) is 0 Å². The number of hydrogen-bond donors (Lipinski definition) is 0. The quantitative estimate of drug-likeness (QED) is 0.648. The molecule has 2 aromatic rings. The van der Waals surface area contributed by atoms with Gasteiger partial charge in [-0.15, -0.1) is 0 Å². The molecule has 0 N–H and O–H groups in total. The predicted molar refractivity (Wildman–Crippen MR) is 60.0 cm³/mol. The zero-order valence-electron chi connectivity index (χ0n) is 8.78. The molecule has 0 spiro atoms. The van der Waals surface area contributed by atoms with Gasteiger partial charge in [0.15, 0.2) is 0 Å². The molecule has 1 aromatic heterocycles. The zero-order valence-corrected chi connectivity index (χ0v) is 8.78. The summed E-state index contributed by atoms with van der Waals surface area (Å²) in [5, 5.41) is 1.11. The first-order valence-corrected chi connectivity index (χ1v) is 5.04. The fraction of sp³-hybridized carbons (Fsp3) is 0.231. The molecule has 1 aromatic carbocycles. The van der Waals surface area contributed by atoms with Crippen LogP contribution in [-0.2, 0) is 0 Å². The van der Waals surface area contributed by atoms with Gasteiger partial charge in [-0.3, -0.25) is 0 Å². The number of ether oxygens (including phenoxy) is 1. The van der Waals surface area contributed by atoms with Crippen LogP contribution in [0.3, 0.4) is 0 Å². The summed E-state index contributed by atoms with van der Waals surface area (Å²) in [6.45, 7) is 4.08. The van der Waals surface area contributed by atoms with Crippen LogP contribution in [0, 0.1) is 0 Å². The minimum Gasteiger partial charge on any atom is -0.483 e. The molecule has 76 valence electrons. The Balaban J connectivity index is 2.29. The lowest BCUT2D eigenvalue weighted by Crippen LogP contribution is -2.27. The molecule has 0 saturated carbocycles. The molecule has 0 amide bonds. The van der Waals surface area contributed by atoms with Crippen LogP contribution in [0.1, 0.15) is 19.4 Å². The van der Waals surface area contributed by atoms with Crippen LogP contribution in [0.15, 0.2) is 35.0 Å². The van der Waals surface area contributed by atoms with E-state index in [1.165, 1.54) is 0 Å². The summed E-state index contributed by atoms with van der Waals surface area (Å²) in [7, 11) is 0. The fourth-order valence-corrected chi connectivity index (χ4v) is 1.88. The third kappa shape index (κ3) is 1.25. The largest absolute Gasteiger partial charge is 0.483 e. The van der Waals surface area contributed by atoms with Crippen LogP contribution in [-0.4, -0.2) is 5.60 Å². The zero-order chi connectivity index (χ0) is 10.5. The average molecular weight is 200 g/mol. The van der Waals surface area contributed by atoms with Gasteiger partial charge in [-0.1, -0.05) is 0 Å².